The highest BCUT2D eigenvalue weighted by atomic mass is 19.4. The van der Waals surface area contributed by atoms with Crippen molar-refractivity contribution in [3.63, 3.8) is 0 Å². The largest absolute Gasteiger partial charge is 0.392 e. The molecule has 3 nitrogen and oxygen atoms in total. The molecule has 1 aromatic rings. The molecule has 0 N–H and O–H groups in total. The van der Waals surface area contributed by atoms with Gasteiger partial charge in [-0.15, -0.1) is 0 Å². The summed E-state index contributed by atoms with van der Waals surface area (Å²) in [5, 5.41) is 3.77. The number of nitrogens with zero attached hydrogens (tertiary/aromatic N) is 2. The van der Waals surface area contributed by atoms with Gasteiger partial charge in [-0.05, 0) is 32.1 Å². The molecule has 104 valence electrons. The monoisotopic (exact) mass is 272 g/mol. The minimum absolute atomic E-state index is 0.163. The lowest BCUT2D eigenvalue weighted by atomic mass is 9.73. The smallest absolute Gasteiger partial charge is 0.339 e. The van der Waals surface area contributed by atoms with Gasteiger partial charge < -0.3 is 4.52 Å². The molecule has 3 atom stereocenters. The summed E-state index contributed by atoms with van der Waals surface area (Å²) in [6.45, 7) is 0. The molecule has 1 saturated carbocycles. The van der Waals surface area contributed by atoms with Crippen molar-refractivity contribution in [3.05, 3.63) is 23.9 Å². The van der Waals surface area contributed by atoms with Gasteiger partial charge in [-0.1, -0.05) is 17.3 Å². The Balaban J connectivity index is 1.73. The van der Waals surface area contributed by atoms with Crippen molar-refractivity contribution in [2.75, 3.05) is 0 Å². The predicted octanol–water partition coefficient (Wildman–Crippen LogP) is 3.95. The quantitative estimate of drug-likeness (QED) is 0.765. The standard InChI is InChI=1S/C13H15F3N2O/c14-13(15,16)10-7-6-9(10)11-17-12(19-18-11)8-4-2-1-3-5-8/h1-2,8-10H,3-7H2/t8?,9-,10-/m1/s1. The van der Waals surface area contributed by atoms with E-state index in [1.165, 1.54) is 0 Å². The molecular weight excluding hydrogens is 257 g/mol. The first-order valence-corrected chi connectivity index (χ1v) is 6.61. The van der Waals surface area contributed by atoms with Crippen LogP contribution < -0.4 is 0 Å². The number of rotatable bonds is 2. The van der Waals surface area contributed by atoms with E-state index >= 15 is 0 Å². The molecule has 0 amide bonds. The van der Waals surface area contributed by atoms with Gasteiger partial charge in [0.15, 0.2) is 5.82 Å². The maximum atomic E-state index is 12.7. The first-order valence-electron chi connectivity index (χ1n) is 6.61. The maximum Gasteiger partial charge on any atom is 0.392 e. The molecule has 1 heterocycles. The average molecular weight is 272 g/mol. The zero-order valence-corrected chi connectivity index (χ0v) is 10.4. The SMILES string of the molecule is FC(F)(F)[C@@H]1CC[C@H]1c1noc(C2CC=CCC2)n1. The van der Waals surface area contributed by atoms with Crippen molar-refractivity contribution in [3.8, 4) is 0 Å². The van der Waals surface area contributed by atoms with E-state index in [-0.39, 0.29) is 18.2 Å². The molecule has 3 rings (SSSR count). The van der Waals surface area contributed by atoms with Gasteiger partial charge >= 0.3 is 6.18 Å². The van der Waals surface area contributed by atoms with Gasteiger partial charge in [0.2, 0.25) is 5.89 Å². The average Bonchev–Trinajstić information content (AvgIpc) is 2.75. The highest BCUT2D eigenvalue weighted by molar-refractivity contribution is 5.09. The van der Waals surface area contributed by atoms with Crippen molar-refractivity contribution in [2.24, 2.45) is 5.92 Å². The minimum Gasteiger partial charge on any atom is -0.339 e. The fourth-order valence-electron chi connectivity index (χ4n) is 2.78. The van der Waals surface area contributed by atoms with E-state index in [1.54, 1.807) is 0 Å². The van der Waals surface area contributed by atoms with E-state index in [2.05, 4.69) is 22.3 Å². The molecular formula is C13H15F3N2O. The Morgan fingerprint density at radius 2 is 2.00 bits per heavy atom. The fraction of sp³-hybridized carbons (Fsp3) is 0.692. The Bertz CT molecular complexity index is 480. The zero-order valence-electron chi connectivity index (χ0n) is 10.4. The van der Waals surface area contributed by atoms with E-state index in [0.29, 0.717) is 12.3 Å². The van der Waals surface area contributed by atoms with Gasteiger partial charge in [-0.2, -0.15) is 18.2 Å². The number of allylic oxidation sites excluding steroid dienone is 2. The van der Waals surface area contributed by atoms with Gasteiger partial charge in [-0.3, -0.25) is 0 Å². The highest BCUT2D eigenvalue weighted by Crippen LogP contribution is 2.50. The van der Waals surface area contributed by atoms with E-state index in [9.17, 15) is 13.2 Å². The van der Waals surface area contributed by atoms with Gasteiger partial charge in [0, 0.05) is 11.8 Å². The van der Waals surface area contributed by atoms with Crippen LogP contribution in [0.25, 0.3) is 0 Å². The van der Waals surface area contributed by atoms with Crippen LogP contribution in [-0.4, -0.2) is 16.3 Å². The third kappa shape index (κ3) is 2.40. The van der Waals surface area contributed by atoms with E-state index < -0.39 is 18.0 Å². The van der Waals surface area contributed by atoms with Crippen LogP contribution in [0.15, 0.2) is 16.7 Å². The molecule has 2 aliphatic carbocycles. The number of alkyl halides is 3. The number of hydrogen-bond acceptors (Lipinski definition) is 3. The second-order valence-corrected chi connectivity index (χ2v) is 5.30. The molecule has 1 fully saturated rings. The van der Waals surface area contributed by atoms with Crippen molar-refractivity contribution >= 4 is 0 Å². The lowest BCUT2D eigenvalue weighted by Gasteiger charge is -2.35. The lowest BCUT2D eigenvalue weighted by Crippen LogP contribution is -2.37. The first kappa shape index (κ1) is 12.7. The van der Waals surface area contributed by atoms with Crippen LogP contribution in [0.1, 0.15) is 55.7 Å². The van der Waals surface area contributed by atoms with Crippen LogP contribution in [0.5, 0.6) is 0 Å². The molecule has 1 unspecified atom stereocenters. The number of halogens is 3. The van der Waals surface area contributed by atoms with Crippen molar-refractivity contribution in [1.82, 2.24) is 10.1 Å². The summed E-state index contributed by atoms with van der Waals surface area (Å²) in [7, 11) is 0. The molecule has 19 heavy (non-hydrogen) atoms. The van der Waals surface area contributed by atoms with Crippen molar-refractivity contribution in [1.29, 1.82) is 0 Å². The molecule has 0 radical (unpaired) electrons. The Morgan fingerprint density at radius 1 is 1.16 bits per heavy atom. The molecule has 0 aromatic carbocycles. The van der Waals surface area contributed by atoms with Gasteiger partial charge in [0.05, 0.1) is 5.92 Å². The summed E-state index contributed by atoms with van der Waals surface area (Å²) >= 11 is 0. The lowest BCUT2D eigenvalue weighted by molar-refractivity contribution is -0.201. The summed E-state index contributed by atoms with van der Waals surface area (Å²) in [5.74, 6) is -1.03. The molecule has 2 aliphatic rings. The van der Waals surface area contributed by atoms with Crippen LogP contribution in [0.3, 0.4) is 0 Å². The normalized spacial score (nSPS) is 31.2. The molecule has 0 aliphatic heterocycles. The van der Waals surface area contributed by atoms with Gasteiger partial charge in [0.25, 0.3) is 0 Å². The topological polar surface area (TPSA) is 38.9 Å². The summed E-state index contributed by atoms with van der Waals surface area (Å²) in [4.78, 5) is 4.21. The van der Waals surface area contributed by atoms with Gasteiger partial charge in [0.1, 0.15) is 0 Å². The van der Waals surface area contributed by atoms with E-state index in [0.717, 1.165) is 19.3 Å². The summed E-state index contributed by atoms with van der Waals surface area (Å²) in [6, 6.07) is 0. The maximum absolute atomic E-state index is 12.7. The molecule has 0 spiro atoms. The van der Waals surface area contributed by atoms with Crippen molar-refractivity contribution < 1.29 is 17.7 Å². The third-order valence-corrected chi connectivity index (χ3v) is 4.10. The Hall–Kier alpha value is -1.33. The third-order valence-electron chi connectivity index (χ3n) is 4.10. The molecule has 0 bridgehead atoms. The molecule has 1 aromatic heterocycles. The molecule has 0 saturated heterocycles. The summed E-state index contributed by atoms with van der Waals surface area (Å²) < 4.78 is 43.3. The van der Waals surface area contributed by atoms with Crippen molar-refractivity contribution in [2.45, 2.75) is 50.1 Å². The number of hydrogen-bond donors (Lipinski definition) is 0. The van der Waals surface area contributed by atoms with E-state index in [4.69, 9.17) is 4.52 Å². The van der Waals surface area contributed by atoms with E-state index in [1.807, 2.05) is 0 Å². The Morgan fingerprint density at radius 3 is 2.58 bits per heavy atom. The zero-order chi connectivity index (χ0) is 13.5. The summed E-state index contributed by atoms with van der Waals surface area (Å²) in [6.07, 6.45) is 3.37. The second kappa shape index (κ2) is 4.65. The number of aromatic nitrogens is 2. The fourth-order valence-corrected chi connectivity index (χ4v) is 2.78. The Labute approximate surface area is 108 Å². The second-order valence-electron chi connectivity index (χ2n) is 5.30. The molecule has 6 heteroatoms. The summed E-state index contributed by atoms with van der Waals surface area (Å²) in [5.41, 5.74) is 0. The first-order chi connectivity index (χ1) is 9.05. The van der Waals surface area contributed by atoms with Crippen LogP contribution in [0.2, 0.25) is 0 Å². The Kier molecular flexibility index (Phi) is 3.11. The van der Waals surface area contributed by atoms with Gasteiger partial charge in [-0.25, -0.2) is 0 Å². The predicted molar refractivity (Wildman–Crippen MR) is 61.6 cm³/mol. The minimum atomic E-state index is -4.16. The highest BCUT2D eigenvalue weighted by Gasteiger charge is 2.52. The van der Waals surface area contributed by atoms with Crippen LogP contribution in [0.4, 0.5) is 13.2 Å². The van der Waals surface area contributed by atoms with Crippen LogP contribution >= 0.6 is 0 Å². The van der Waals surface area contributed by atoms with Crippen LogP contribution in [-0.2, 0) is 0 Å². The van der Waals surface area contributed by atoms with Crippen LogP contribution in [0, 0.1) is 5.92 Å².